The van der Waals surface area contributed by atoms with Gasteiger partial charge in [0.2, 0.25) is 0 Å². The number of aromatic nitrogens is 1. The van der Waals surface area contributed by atoms with E-state index in [2.05, 4.69) is 41.4 Å². The van der Waals surface area contributed by atoms with E-state index >= 15 is 0 Å². The minimum Gasteiger partial charge on any atom is -0.497 e. The molecule has 0 amide bonds. The van der Waals surface area contributed by atoms with Crippen molar-refractivity contribution in [2.75, 3.05) is 19.5 Å². The highest BCUT2D eigenvalue weighted by molar-refractivity contribution is 5.94. The highest BCUT2D eigenvalue weighted by atomic mass is 16.5. The third-order valence-corrected chi connectivity index (χ3v) is 6.48. The summed E-state index contributed by atoms with van der Waals surface area (Å²) in [5, 5.41) is 2.01. The van der Waals surface area contributed by atoms with Crippen molar-refractivity contribution in [2.24, 2.45) is 0 Å². The smallest absolute Gasteiger partial charge is 0.310 e. The largest absolute Gasteiger partial charge is 0.497 e. The van der Waals surface area contributed by atoms with Crippen LogP contribution in [0.5, 0.6) is 11.5 Å². The van der Waals surface area contributed by atoms with Gasteiger partial charge in [-0.1, -0.05) is 30.3 Å². The molecule has 0 fully saturated rings. The zero-order valence-corrected chi connectivity index (χ0v) is 19.9. The Balaban J connectivity index is 1.46. The molecule has 1 aromatic heterocycles. The van der Waals surface area contributed by atoms with Gasteiger partial charge in [-0.25, -0.2) is 4.98 Å². The van der Waals surface area contributed by atoms with Crippen molar-refractivity contribution in [3.8, 4) is 22.6 Å². The highest BCUT2D eigenvalue weighted by Crippen LogP contribution is 2.39. The normalized spacial score (nSPS) is 14.5. The molecule has 4 aromatic rings. The summed E-state index contributed by atoms with van der Waals surface area (Å²) in [7, 11) is 1.62. The van der Waals surface area contributed by atoms with Gasteiger partial charge in [0.25, 0.3) is 0 Å². The first-order valence-electron chi connectivity index (χ1n) is 11.8. The molecular weight excluding hydrogens is 440 g/mol. The summed E-state index contributed by atoms with van der Waals surface area (Å²) < 4.78 is 17.1. The lowest BCUT2D eigenvalue weighted by atomic mass is 9.98. The van der Waals surface area contributed by atoms with Crippen LogP contribution >= 0.6 is 0 Å². The molecule has 35 heavy (non-hydrogen) atoms. The van der Waals surface area contributed by atoms with Gasteiger partial charge >= 0.3 is 5.97 Å². The predicted molar refractivity (Wildman–Crippen MR) is 137 cm³/mol. The number of benzene rings is 3. The summed E-state index contributed by atoms with van der Waals surface area (Å²) in [4.78, 5) is 16.4. The molecule has 1 heterocycles. The van der Waals surface area contributed by atoms with Crippen molar-refractivity contribution in [3.05, 3.63) is 83.6 Å². The van der Waals surface area contributed by atoms with Gasteiger partial charge in [0.15, 0.2) is 0 Å². The number of pyridine rings is 1. The van der Waals surface area contributed by atoms with Crippen molar-refractivity contribution in [2.45, 2.75) is 32.3 Å². The summed E-state index contributed by atoms with van der Waals surface area (Å²) in [6.07, 6.45) is 3.56. The zero-order chi connectivity index (χ0) is 24.4. The van der Waals surface area contributed by atoms with Crippen LogP contribution in [0.1, 0.15) is 36.1 Å². The Morgan fingerprint density at radius 1 is 1.06 bits per heavy atom. The number of carbonyl (C=O) groups is 1. The van der Waals surface area contributed by atoms with Gasteiger partial charge in [0, 0.05) is 23.2 Å². The highest BCUT2D eigenvalue weighted by Gasteiger charge is 2.26. The minimum atomic E-state index is -0.276. The van der Waals surface area contributed by atoms with Gasteiger partial charge in [-0.3, -0.25) is 4.79 Å². The molecule has 0 saturated heterocycles. The van der Waals surface area contributed by atoms with E-state index in [0.29, 0.717) is 23.9 Å². The third kappa shape index (κ3) is 4.64. The zero-order valence-electron chi connectivity index (χ0n) is 19.9. The summed E-state index contributed by atoms with van der Waals surface area (Å²) in [6, 6.07) is 20.3. The second-order valence-corrected chi connectivity index (χ2v) is 8.65. The molecule has 6 nitrogen and oxygen atoms in total. The Morgan fingerprint density at radius 2 is 1.89 bits per heavy atom. The summed E-state index contributed by atoms with van der Waals surface area (Å²) in [6.45, 7) is 2.15. The first kappa shape index (κ1) is 22.7. The number of methoxy groups -OCH3 is 1. The van der Waals surface area contributed by atoms with E-state index in [1.807, 2.05) is 24.3 Å². The lowest BCUT2D eigenvalue weighted by molar-refractivity contribution is -0.142. The number of carbonyl (C=O) groups excluding carboxylic acids is 1. The Morgan fingerprint density at radius 3 is 2.71 bits per heavy atom. The summed E-state index contributed by atoms with van der Waals surface area (Å²) in [5.41, 5.74) is 11.5. The number of esters is 1. The second kappa shape index (κ2) is 9.66. The standard InChI is InChI=1S/C29H28N2O4/c1-3-34-28(32)16-22-8-10-23(33-2)17-27(22)35-26-11-9-18-4-6-20(14-24(18)26)21-7-5-19-12-13-31-29(30)25(19)15-21/h4-8,10,12-15,17,26H,3,9,11,16H2,1-2H3,(H2,30,31)/t26-/m1/s1. The SMILES string of the molecule is CCOC(=O)Cc1ccc(OC)cc1O[C@@H]1CCc2ccc(-c3ccc4ccnc(N)c4c3)cc21. The van der Waals surface area contributed by atoms with Gasteiger partial charge < -0.3 is 19.9 Å². The number of anilines is 1. The number of fused-ring (bicyclic) bond motifs is 2. The number of nitrogen functional groups attached to an aromatic ring is 1. The number of ether oxygens (including phenoxy) is 3. The minimum absolute atomic E-state index is 0.120. The summed E-state index contributed by atoms with van der Waals surface area (Å²) in [5.74, 6) is 1.58. The lowest BCUT2D eigenvalue weighted by Crippen LogP contribution is -2.11. The molecule has 0 aliphatic heterocycles. The maximum atomic E-state index is 12.2. The van der Waals surface area contributed by atoms with Crippen molar-refractivity contribution in [1.29, 1.82) is 0 Å². The molecule has 1 aliphatic carbocycles. The first-order valence-corrected chi connectivity index (χ1v) is 11.8. The van der Waals surface area contributed by atoms with Gasteiger partial charge in [0.1, 0.15) is 23.4 Å². The molecule has 0 bridgehead atoms. The van der Waals surface area contributed by atoms with Gasteiger partial charge in [-0.2, -0.15) is 0 Å². The predicted octanol–water partition coefficient (Wildman–Crippen LogP) is 5.66. The molecule has 178 valence electrons. The quantitative estimate of drug-likeness (QED) is 0.352. The van der Waals surface area contributed by atoms with E-state index in [9.17, 15) is 4.79 Å². The van der Waals surface area contributed by atoms with E-state index in [-0.39, 0.29) is 18.5 Å². The van der Waals surface area contributed by atoms with Crippen LogP contribution in [-0.4, -0.2) is 24.7 Å². The molecule has 6 heteroatoms. The molecule has 1 atom stereocenters. The number of rotatable bonds is 7. The van der Waals surface area contributed by atoms with E-state index in [1.165, 1.54) is 5.56 Å². The van der Waals surface area contributed by atoms with Crippen molar-refractivity contribution >= 4 is 22.6 Å². The lowest BCUT2D eigenvalue weighted by Gasteiger charge is -2.19. The fraction of sp³-hybridized carbons (Fsp3) is 0.241. The third-order valence-electron chi connectivity index (χ3n) is 6.48. The summed E-state index contributed by atoms with van der Waals surface area (Å²) >= 11 is 0. The van der Waals surface area contributed by atoms with Crippen LogP contribution in [0, 0.1) is 0 Å². The van der Waals surface area contributed by atoms with Crippen molar-refractivity contribution < 1.29 is 19.0 Å². The van der Waals surface area contributed by atoms with E-state index in [0.717, 1.165) is 45.9 Å². The molecule has 5 rings (SSSR count). The average molecular weight is 469 g/mol. The maximum Gasteiger partial charge on any atom is 0.310 e. The van der Waals surface area contributed by atoms with Crippen molar-refractivity contribution in [3.63, 3.8) is 0 Å². The van der Waals surface area contributed by atoms with Gasteiger partial charge in [0.05, 0.1) is 20.1 Å². The maximum absolute atomic E-state index is 12.2. The van der Waals surface area contributed by atoms with E-state index < -0.39 is 0 Å². The molecule has 0 radical (unpaired) electrons. The molecule has 0 saturated carbocycles. The van der Waals surface area contributed by atoms with Crippen molar-refractivity contribution in [1.82, 2.24) is 4.98 Å². The topological polar surface area (TPSA) is 83.7 Å². The molecular formula is C29H28N2O4. The number of nitrogens with zero attached hydrogens (tertiary/aromatic N) is 1. The van der Waals surface area contributed by atoms with Crippen LogP contribution in [-0.2, 0) is 22.4 Å². The second-order valence-electron chi connectivity index (χ2n) is 8.65. The first-order chi connectivity index (χ1) is 17.1. The Kier molecular flexibility index (Phi) is 6.27. The average Bonchev–Trinajstić information content (AvgIpc) is 3.27. The van der Waals surface area contributed by atoms with Crippen LogP contribution in [0.15, 0.2) is 66.9 Å². The van der Waals surface area contributed by atoms with E-state index in [1.54, 1.807) is 20.2 Å². The number of nitrogens with two attached hydrogens (primary N) is 1. The van der Waals surface area contributed by atoms with Crippen LogP contribution < -0.4 is 15.2 Å². The van der Waals surface area contributed by atoms with Crippen LogP contribution in [0.2, 0.25) is 0 Å². The van der Waals surface area contributed by atoms with Gasteiger partial charge in [-0.15, -0.1) is 0 Å². The molecule has 3 aromatic carbocycles. The molecule has 0 unspecified atom stereocenters. The Bertz CT molecular complexity index is 1400. The van der Waals surface area contributed by atoms with Gasteiger partial charge in [-0.05, 0) is 71.7 Å². The van der Waals surface area contributed by atoms with E-state index in [4.69, 9.17) is 19.9 Å². The number of aryl methyl sites for hydroxylation is 1. The fourth-order valence-electron chi connectivity index (χ4n) is 4.68. The molecule has 1 aliphatic rings. The fourth-order valence-corrected chi connectivity index (χ4v) is 4.68. The Labute approximate surface area is 204 Å². The number of hydrogen-bond donors (Lipinski definition) is 1. The van der Waals surface area contributed by atoms with Crippen LogP contribution in [0.3, 0.4) is 0 Å². The molecule has 0 spiro atoms. The molecule has 2 N–H and O–H groups in total. The van der Waals surface area contributed by atoms with Crippen LogP contribution in [0.4, 0.5) is 5.82 Å². The Hall–Kier alpha value is -4.06. The number of hydrogen-bond acceptors (Lipinski definition) is 6. The monoisotopic (exact) mass is 468 g/mol. The van der Waals surface area contributed by atoms with Crippen LogP contribution in [0.25, 0.3) is 21.9 Å².